The van der Waals surface area contributed by atoms with Crippen LogP contribution in [-0.2, 0) is 0 Å². The molecule has 1 atom stereocenters. The van der Waals surface area contributed by atoms with Crippen LogP contribution >= 0.6 is 0 Å². The SMILES string of the molecule is CCCNC(CCC1CCCCC1)c1ccc(F)c(C)c1. The van der Waals surface area contributed by atoms with Crippen molar-refractivity contribution in [2.24, 2.45) is 5.92 Å². The van der Waals surface area contributed by atoms with Gasteiger partial charge in [0.25, 0.3) is 0 Å². The van der Waals surface area contributed by atoms with Crippen LogP contribution in [0.1, 0.15) is 75.5 Å². The van der Waals surface area contributed by atoms with Crippen molar-refractivity contribution in [1.82, 2.24) is 5.32 Å². The molecule has 0 amide bonds. The van der Waals surface area contributed by atoms with Gasteiger partial charge < -0.3 is 5.32 Å². The molecule has 1 N–H and O–H groups in total. The molecule has 1 aromatic rings. The molecule has 1 nitrogen and oxygen atoms in total. The summed E-state index contributed by atoms with van der Waals surface area (Å²) in [6.07, 6.45) is 10.7. The molecule has 0 bridgehead atoms. The predicted octanol–water partition coefficient (Wildman–Crippen LogP) is 5.54. The Kier molecular flexibility index (Phi) is 6.69. The molecule has 1 aromatic carbocycles. The summed E-state index contributed by atoms with van der Waals surface area (Å²) in [4.78, 5) is 0. The van der Waals surface area contributed by atoms with E-state index in [2.05, 4.69) is 12.2 Å². The van der Waals surface area contributed by atoms with Crippen LogP contribution in [0.5, 0.6) is 0 Å². The Hall–Kier alpha value is -0.890. The highest BCUT2D eigenvalue weighted by Gasteiger charge is 2.17. The summed E-state index contributed by atoms with van der Waals surface area (Å²) in [5, 5.41) is 3.65. The highest BCUT2D eigenvalue weighted by Crippen LogP contribution is 2.30. The molecule has 0 radical (unpaired) electrons. The second-order valence-electron chi connectivity index (χ2n) is 6.60. The van der Waals surface area contributed by atoms with E-state index in [1.54, 1.807) is 6.07 Å². The van der Waals surface area contributed by atoms with E-state index in [1.165, 1.54) is 50.5 Å². The van der Waals surface area contributed by atoms with E-state index in [4.69, 9.17) is 0 Å². The molecule has 2 heteroatoms. The van der Waals surface area contributed by atoms with Crippen LogP contribution in [0, 0.1) is 18.7 Å². The first-order valence-electron chi connectivity index (χ1n) is 8.70. The van der Waals surface area contributed by atoms with Gasteiger partial charge in [0.1, 0.15) is 5.82 Å². The van der Waals surface area contributed by atoms with E-state index in [1.807, 2.05) is 19.1 Å². The molecular formula is C19H30FN. The van der Waals surface area contributed by atoms with Gasteiger partial charge in [0, 0.05) is 6.04 Å². The predicted molar refractivity (Wildman–Crippen MR) is 88.0 cm³/mol. The number of hydrogen-bond acceptors (Lipinski definition) is 1. The van der Waals surface area contributed by atoms with E-state index in [9.17, 15) is 4.39 Å². The summed E-state index contributed by atoms with van der Waals surface area (Å²) in [6.45, 7) is 5.09. The molecule has 2 rings (SSSR count). The minimum atomic E-state index is -0.0970. The van der Waals surface area contributed by atoms with Crippen molar-refractivity contribution in [1.29, 1.82) is 0 Å². The topological polar surface area (TPSA) is 12.0 Å². The number of hydrogen-bond donors (Lipinski definition) is 1. The number of benzene rings is 1. The van der Waals surface area contributed by atoms with Crippen molar-refractivity contribution in [2.75, 3.05) is 6.54 Å². The van der Waals surface area contributed by atoms with Crippen LogP contribution < -0.4 is 5.32 Å². The van der Waals surface area contributed by atoms with Crippen LogP contribution in [0.3, 0.4) is 0 Å². The molecule has 1 unspecified atom stereocenters. The van der Waals surface area contributed by atoms with Gasteiger partial charge in [-0.15, -0.1) is 0 Å². The zero-order chi connectivity index (χ0) is 15.1. The Morgan fingerprint density at radius 1 is 1.24 bits per heavy atom. The number of aryl methyl sites for hydroxylation is 1. The van der Waals surface area contributed by atoms with Gasteiger partial charge in [-0.25, -0.2) is 4.39 Å². The molecule has 0 spiro atoms. The molecule has 1 aliphatic carbocycles. The van der Waals surface area contributed by atoms with E-state index in [-0.39, 0.29) is 5.82 Å². The molecule has 1 fully saturated rings. The monoisotopic (exact) mass is 291 g/mol. The number of nitrogens with one attached hydrogen (secondary N) is 1. The quantitative estimate of drug-likeness (QED) is 0.696. The Bertz CT molecular complexity index is 424. The lowest BCUT2D eigenvalue weighted by Crippen LogP contribution is -2.23. The van der Waals surface area contributed by atoms with Crippen molar-refractivity contribution in [2.45, 2.75) is 71.3 Å². The molecule has 0 heterocycles. The van der Waals surface area contributed by atoms with E-state index >= 15 is 0 Å². The van der Waals surface area contributed by atoms with Crippen LogP contribution in [0.25, 0.3) is 0 Å². The zero-order valence-corrected chi connectivity index (χ0v) is 13.6. The third-order valence-electron chi connectivity index (χ3n) is 4.81. The van der Waals surface area contributed by atoms with Gasteiger partial charge in [-0.3, -0.25) is 0 Å². The fourth-order valence-electron chi connectivity index (χ4n) is 3.47. The van der Waals surface area contributed by atoms with Crippen molar-refractivity contribution in [3.8, 4) is 0 Å². The van der Waals surface area contributed by atoms with Crippen molar-refractivity contribution < 1.29 is 4.39 Å². The highest BCUT2D eigenvalue weighted by atomic mass is 19.1. The van der Waals surface area contributed by atoms with Gasteiger partial charge in [-0.05, 0) is 55.8 Å². The van der Waals surface area contributed by atoms with Gasteiger partial charge in [-0.1, -0.05) is 51.2 Å². The van der Waals surface area contributed by atoms with Gasteiger partial charge in [0.2, 0.25) is 0 Å². The van der Waals surface area contributed by atoms with Crippen LogP contribution in [0.15, 0.2) is 18.2 Å². The maximum absolute atomic E-state index is 13.5. The standard InChI is InChI=1S/C19H30FN/c1-3-13-21-19(12-9-16-7-5-4-6-8-16)17-10-11-18(20)15(2)14-17/h10-11,14,16,19,21H,3-9,12-13H2,1-2H3. The third-order valence-corrected chi connectivity index (χ3v) is 4.81. The van der Waals surface area contributed by atoms with Gasteiger partial charge in [-0.2, -0.15) is 0 Å². The average molecular weight is 291 g/mol. The summed E-state index contributed by atoms with van der Waals surface area (Å²) >= 11 is 0. The van der Waals surface area contributed by atoms with Gasteiger partial charge >= 0.3 is 0 Å². The van der Waals surface area contributed by atoms with Crippen LogP contribution in [-0.4, -0.2) is 6.54 Å². The average Bonchev–Trinajstić information content (AvgIpc) is 2.51. The minimum absolute atomic E-state index is 0.0970. The van der Waals surface area contributed by atoms with E-state index < -0.39 is 0 Å². The summed E-state index contributed by atoms with van der Waals surface area (Å²) in [5.41, 5.74) is 2.01. The summed E-state index contributed by atoms with van der Waals surface area (Å²) in [6, 6.07) is 5.97. The number of halogens is 1. The van der Waals surface area contributed by atoms with Crippen molar-refractivity contribution >= 4 is 0 Å². The Morgan fingerprint density at radius 2 is 2.00 bits per heavy atom. The van der Waals surface area contributed by atoms with E-state index in [0.717, 1.165) is 24.4 Å². The molecule has 21 heavy (non-hydrogen) atoms. The smallest absolute Gasteiger partial charge is 0.126 e. The van der Waals surface area contributed by atoms with Crippen molar-refractivity contribution in [3.63, 3.8) is 0 Å². The Morgan fingerprint density at radius 3 is 2.67 bits per heavy atom. The van der Waals surface area contributed by atoms with Gasteiger partial charge in [0.05, 0.1) is 0 Å². The number of rotatable bonds is 7. The van der Waals surface area contributed by atoms with Gasteiger partial charge in [0.15, 0.2) is 0 Å². The molecule has 118 valence electrons. The second-order valence-corrected chi connectivity index (χ2v) is 6.60. The second kappa shape index (κ2) is 8.53. The summed E-state index contributed by atoms with van der Waals surface area (Å²) in [5.74, 6) is 0.812. The summed E-state index contributed by atoms with van der Waals surface area (Å²) in [7, 11) is 0. The first kappa shape index (κ1) is 16.5. The fourth-order valence-corrected chi connectivity index (χ4v) is 3.47. The molecule has 0 aliphatic heterocycles. The summed E-state index contributed by atoms with van der Waals surface area (Å²) < 4.78 is 13.5. The first-order valence-corrected chi connectivity index (χ1v) is 8.70. The lowest BCUT2D eigenvalue weighted by Gasteiger charge is -2.25. The normalized spacial score (nSPS) is 17.9. The third kappa shape index (κ3) is 5.10. The largest absolute Gasteiger partial charge is 0.310 e. The van der Waals surface area contributed by atoms with Crippen LogP contribution in [0.2, 0.25) is 0 Å². The Balaban J connectivity index is 1.97. The molecule has 1 saturated carbocycles. The lowest BCUT2D eigenvalue weighted by atomic mass is 9.84. The Labute approximate surface area is 129 Å². The molecular weight excluding hydrogens is 261 g/mol. The maximum Gasteiger partial charge on any atom is 0.126 e. The molecule has 0 saturated heterocycles. The van der Waals surface area contributed by atoms with Crippen LogP contribution in [0.4, 0.5) is 4.39 Å². The zero-order valence-electron chi connectivity index (χ0n) is 13.6. The molecule has 1 aliphatic rings. The van der Waals surface area contributed by atoms with Crippen molar-refractivity contribution in [3.05, 3.63) is 35.1 Å². The maximum atomic E-state index is 13.5. The lowest BCUT2D eigenvalue weighted by molar-refractivity contribution is 0.314. The van der Waals surface area contributed by atoms with E-state index in [0.29, 0.717) is 6.04 Å². The minimum Gasteiger partial charge on any atom is -0.310 e. The first-order chi connectivity index (χ1) is 10.2. The fraction of sp³-hybridized carbons (Fsp3) is 0.684. The molecule has 0 aromatic heterocycles. The highest BCUT2D eigenvalue weighted by molar-refractivity contribution is 5.26.